The molecule has 0 radical (unpaired) electrons. The molecule has 44 heavy (non-hydrogen) atoms. The molecular weight excluding hydrogens is 570 g/mol. The highest BCUT2D eigenvalue weighted by molar-refractivity contribution is 5.99. The van der Waals surface area contributed by atoms with E-state index in [9.17, 15) is 23.2 Å². The highest BCUT2D eigenvalue weighted by Gasteiger charge is 2.54. The number of oxime groups is 1. The predicted molar refractivity (Wildman–Crippen MR) is 158 cm³/mol. The van der Waals surface area contributed by atoms with Gasteiger partial charge in [-0.15, -0.1) is 0 Å². The minimum absolute atomic E-state index is 0.00923. The van der Waals surface area contributed by atoms with E-state index >= 15 is 0 Å². The largest absolute Gasteiger partial charge is 0.483 e. The van der Waals surface area contributed by atoms with Crippen LogP contribution in [-0.4, -0.2) is 45.2 Å². The van der Waals surface area contributed by atoms with E-state index in [0.717, 1.165) is 23.4 Å². The molecule has 1 N–H and O–H groups in total. The second-order valence-electron chi connectivity index (χ2n) is 12.1. The summed E-state index contributed by atoms with van der Waals surface area (Å²) in [5, 5.41) is 7.01. The zero-order chi connectivity index (χ0) is 31.2. The Labute approximate surface area is 253 Å². The summed E-state index contributed by atoms with van der Waals surface area (Å²) in [6.07, 6.45) is 3.21. The third-order valence-corrected chi connectivity index (χ3v) is 8.90. The van der Waals surface area contributed by atoms with Crippen LogP contribution in [-0.2, 0) is 18.0 Å². The van der Waals surface area contributed by atoms with Crippen LogP contribution >= 0.6 is 0 Å². The summed E-state index contributed by atoms with van der Waals surface area (Å²) in [5.74, 6) is -2.79. The first-order chi connectivity index (χ1) is 21.1. The predicted octanol–water partition coefficient (Wildman–Crippen LogP) is 4.99. The molecule has 2 amide bonds. The first kappa shape index (κ1) is 29.5. The molecule has 1 spiro atoms. The average Bonchev–Trinajstić information content (AvgIpc) is 3.40. The number of carbonyl (C=O) groups is 2. The zero-order valence-corrected chi connectivity index (χ0v) is 24.8. The van der Waals surface area contributed by atoms with E-state index in [1.807, 2.05) is 51.1 Å². The number of hydrogen-bond donors (Lipinski definition) is 1. The summed E-state index contributed by atoms with van der Waals surface area (Å²) < 4.78 is 35.5. The number of benzene rings is 2. The van der Waals surface area contributed by atoms with Crippen LogP contribution in [0.4, 0.5) is 8.78 Å². The second kappa shape index (κ2) is 11.5. The van der Waals surface area contributed by atoms with E-state index in [4.69, 9.17) is 9.57 Å². The van der Waals surface area contributed by atoms with Crippen LogP contribution in [0.2, 0.25) is 0 Å². The number of rotatable bonds is 7. The lowest BCUT2D eigenvalue weighted by atomic mass is 9.82. The van der Waals surface area contributed by atoms with Gasteiger partial charge in [-0.3, -0.25) is 14.4 Å². The molecule has 2 aromatic carbocycles. The average molecular weight is 605 g/mol. The maximum atomic E-state index is 14.3. The lowest BCUT2D eigenvalue weighted by molar-refractivity contribution is -0.0656. The van der Waals surface area contributed by atoms with Crippen molar-refractivity contribution in [3.8, 4) is 5.75 Å². The van der Waals surface area contributed by atoms with Gasteiger partial charge in [0.15, 0.2) is 17.0 Å². The number of pyridine rings is 1. The quantitative estimate of drug-likeness (QED) is 0.410. The molecule has 0 saturated carbocycles. The van der Waals surface area contributed by atoms with Gasteiger partial charge in [0, 0.05) is 43.4 Å². The van der Waals surface area contributed by atoms with Gasteiger partial charge in [-0.2, -0.15) is 0 Å². The van der Waals surface area contributed by atoms with Gasteiger partial charge in [0.05, 0.1) is 11.8 Å². The van der Waals surface area contributed by atoms with E-state index < -0.39 is 34.6 Å². The van der Waals surface area contributed by atoms with Crippen molar-refractivity contribution in [1.82, 2.24) is 14.8 Å². The molecule has 6 rings (SSSR count). The van der Waals surface area contributed by atoms with Gasteiger partial charge in [-0.25, -0.2) is 8.78 Å². The fourth-order valence-electron chi connectivity index (χ4n) is 6.24. The van der Waals surface area contributed by atoms with Crippen molar-refractivity contribution >= 4 is 17.5 Å². The van der Waals surface area contributed by atoms with E-state index in [1.54, 1.807) is 9.47 Å². The molecule has 1 fully saturated rings. The van der Waals surface area contributed by atoms with Gasteiger partial charge in [-0.1, -0.05) is 55.4 Å². The molecule has 3 aromatic rings. The Morgan fingerprint density at radius 1 is 1.18 bits per heavy atom. The molecule has 0 aliphatic carbocycles. The molecule has 0 unspecified atom stereocenters. The van der Waals surface area contributed by atoms with Gasteiger partial charge in [0.25, 0.3) is 11.8 Å². The Morgan fingerprint density at radius 2 is 1.95 bits per heavy atom. The van der Waals surface area contributed by atoms with Crippen molar-refractivity contribution in [3.63, 3.8) is 0 Å². The number of carbonyl (C=O) groups excluding carboxylic acids is 2. The normalized spacial score (nSPS) is 22.4. The van der Waals surface area contributed by atoms with Crippen LogP contribution in [0.5, 0.6) is 5.75 Å². The summed E-state index contributed by atoms with van der Waals surface area (Å²) in [5.41, 5.74) is -0.0367. The van der Waals surface area contributed by atoms with E-state index in [2.05, 4.69) is 10.5 Å². The van der Waals surface area contributed by atoms with Crippen LogP contribution in [0.25, 0.3) is 0 Å². The van der Waals surface area contributed by atoms with E-state index in [1.165, 1.54) is 12.3 Å². The Kier molecular flexibility index (Phi) is 7.73. The third kappa shape index (κ3) is 5.24. The first-order valence-electron chi connectivity index (χ1n) is 14.8. The van der Waals surface area contributed by atoms with Crippen molar-refractivity contribution < 1.29 is 27.9 Å². The fraction of sp³-hybridized carbons (Fsp3) is 0.394. The Balaban J connectivity index is 1.45. The molecule has 3 atom stereocenters. The summed E-state index contributed by atoms with van der Waals surface area (Å²) >= 11 is 0. The van der Waals surface area contributed by atoms with Crippen molar-refractivity contribution in [1.29, 1.82) is 0 Å². The van der Waals surface area contributed by atoms with Crippen LogP contribution in [0, 0.1) is 17.6 Å². The molecule has 3 aliphatic heterocycles. The van der Waals surface area contributed by atoms with E-state index in [0.29, 0.717) is 25.8 Å². The highest BCUT2D eigenvalue weighted by atomic mass is 19.1. The number of halogens is 2. The monoisotopic (exact) mass is 604 g/mol. The number of nitrogens with zero attached hydrogens (tertiary/aromatic N) is 3. The molecule has 11 heteroatoms. The Hall–Kier alpha value is -4.54. The molecule has 230 valence electrons. The summed E-state index contributed by atoms with van der Waals surface area (Å²) in [6, 6.07) is 11.6. The third-order valence-electron chi connectivity index (χ3n) is 8.90. The van der Waals surface area contributed by atoms with Gasteiger partial charge >= 0.3 is 0 Å². The van der Waals surface area contributed by atoms with Crippen LogP contribution in [0.3, 0.4) is 0 Å². The SMILES string of the molecule is CC(C)C1=NO[C@@]2(CC[C@H](C)N3C[C@H]2n2cc(C(=O)NCc4ccc(F)cc4F)c(=O)c(OCc4ccccc4)c2C3=O)C1. The molecule has 3 aliphatic rings. The van der Waals surface area contributed by atoms with E-state index in [-0.39, 0.29) is 53.6 Å². The zero-order valence-electron chi connectivity index (χ0n) is 24.8. The summed E-state index contributed by atoms with van der Waals surface area (Å²) in [7, 11) is 0. The maximum Gasteiger partial charge on any atom is 0.274 e. The topological polar surface area (TPSA) is 102 Å². The number of nitrogens with one attached hydrogen (secondary N) is 1. The molecule has 4 heterocycles. The molecular formula is C33H34F2N4O5. The highest BCUT2D eigenvalue weighted by Crippen LogP contribution is 2.47. The fourth-order valence-corrected chi connectivity index (χ4v) is 6.24. The first-order valence-corrected chi connectivity index (χ1v) is 14.8. The van der Waals surface area contributed by atoms with Crippen molar-refractivity contribution in [2.75, 3.05) is 6.54 Å². The van der Waals surface area contributed by atoms with Crippen molar-refractivity contribution in [2.45, 2.75) is 70.9 Å². The minimum atomic E-state index is -0.820. The van der Waals surface area contributed by atoms with Crippen LogP contribution in [0.1, 0.15) is 78.0 Å². The number of ether oxygens (including phenoxy) is 1. The molecule has 1 saturated heterocycles. The summed E-state index contributed by atoms with van der Waals surface area (Å²) in [6.45, 7) is 6.08. The number of fused-ring (bicyclic) bond motifs is 5. The molecule has 9 nitrogen and oxygen atoms in total. The lowest BCUT2D eigenvalue weighted by Crippen LogP contribution is -2.52. The number of amides is 2. The van der Waals surface area contributed by atoms with Crippen molar-refractivity contribution in [3.05, 3.63) is 99.0 Å². The Morgan fingerprint density at radius 3 is 2.66 bits per heavy atom. The second-order valence-corrected chi connectivity index (χ2v) is 12.1. The van der Waals surface area contributed by atoms with Gasteiger partial charge in [0.2, 0.25) is 5.43 Å². The maximum absolute atomic E-state index is 14.3. The number of hydrogen-bond acceptors (Lipinski definition) is 6. The summed E-state index contributed by atoms with van der Waals surface area (Å²) in [4.78, 5) is 49.5. The smallest absolute Gasteiger partial charge is 0.274 e. The standard InChI is InChI=1S/C33H34F2N4O5/c1-19(2)26-14-33(44-37-26)12-11-20(3)38-17-27(33)39-16-24(31(41)36-15-22-9-10-23(34)13-25(22)35)29(40)30(28(39)32(38)42)43-18-21-7-5-4-6-8-21/h4-10,13,16,19-20,27H,11-12,14-15,17-18H2,1-3H3,(H,36,41)/t20-,27+,33-/m0/s1. The minimum Gasteiger partial charge on any atom is -0.483 e. The Bertz CT molecular complexity index is 1710. The van der Waals surface area contributed by atoms with Gasteiger partial charge in [0.1, 0.15) is 23.8 Å². The van der Waals surface area contributed by atoms with Gasteiger partial charge < -0.3 is 24.4 Å². The van der Waals surface area contributed by atoms with Crippen molar-refractivity contribution in [2.24, 2.45) is 11.1 Å². The van der Waals surface area contributed by atoms with Gasteiger partial charge in [-0.05, 0) is 37.3 Å². The number of aromatic nitrogens is 1. The lowest BCUT2D eigenvalue weighted by Gasteiger charge is -2.42. The molecule has 2 bridgehead atoms. The molecule has 1 aromatic heterocycles. The van der Waals surface area contributed by atoms with Crippen LogP contribution in [0.15, 0.2) is 64.7 Å². The van der Waals surface area contributed by atoms with Crippen LogP contribution < -0.4 is 15.5 Å².